The lowest BCUT2D eigenvalue weighted by Gasteiger charge is -2.40. The summed E-state index contributed by atoms with van der Waals surface area (Å²) >= 11 is 0. The van der Waals surface area contributed by atoms with Gasteiger partial charge in [0.05, 0.1) is 12.2 Å². The van der Waals surface area contributed by atoms with E-state index in [1.807, 2.05) is 13.8 Å². The summed E-state index contributed by atoms with van der Waals surface area (Å²) in [6.45, 7) is 7.97. The Labute approximate surface area is 168 Å². The molecule has 2 fully saturated rings. The molecule has 1 aliphatic carbocycles. The van der Waals surface area contributed by atoms with Crippen molar-refractivity contribution >= 4 is 5.97 Å². The number of alkyl halides is 3. The lowest BCUT2D eigenvalue weighted by Crippen LogP contribution is -2.49. The zero-order valence-electron chi connectivity index (χ0n) is 17.2. The van der Waals surface area contributed by atoms with E-state index in [1.165, 1.54) is 19.0 Å². The SMILES string of the molecule is CCOC(=O)C(CC(C)C)n1cc(CCN2CC3(CC3)C2)c(C(F)(F)F)cc1=O. The molecule has 0 aromatic carbocycles. The molecule has 2 aliphatic rings. The zero-order chi connectivity index (χ0) is 21.4. The van der Waals surface area contributed by atoms with Crippen molar-refractivity contribution in [2.24, 2.45) is 11.3 Å². The third-order valence-corrected chi connectivity index (χ3v) is 5.83. The van der Waals surface area contributed by atoms with Crippen LogP contribution in [0.3, 0.4) is 0 Å². The lowest BCUT2D eigenvalue weighted by molar-refractivity contribution is -0.147. The molecule has 1 aromatic heterocycles. The fraction of sp³-hybridized carbons (Fsp3) is 0.714. The molecule has 0 N–H and O–H groups in total. The number of halogens is 3. The summed E-state index contributed by atoms with van der Waals surface area (Å²) in [5, 5.41) is 0. The number of rotatable bonds is 8. The van der Waals surface area contributed by atoms with Crippen molar-refractivity contribution in [2.45, 2.75) is 58.7 Å². The molecule has 0 radical (unpaired) electrons. The Morgan fingerprint density at radius 3 is 2.45 bits per heavy atom. The molecule has 1 aliphatic heterocycles. The molecule has 0 bridgehead atoms. The average Bonchev–Trinajstić information content (AvgIpc) is 3.37. The number of hydrogen-bond acceptors (Lipinski definition) is 4. The van der Waals surface area contributed by atoms with Gasteiger partial charge in [-0.25, -0.2) is 4.79 Å². The third kappa shape index (κ3) is 5.02. The van der Waals surface area contributed by atoms with Crippen LogP contribution >= 0.6 is 0 Å². The van der Waals surface area contributed by atoms with Gasteiger partial charge in [0.1, 0.15) is 6.04 Å². The van der Waals surface area contributed by atoms with Crippen LogP contribution < -0.4 is 5.56 Å². The standard InChI is InChI=1S/C21H29F3N2O3/c1-4-29-19(28)17(9-14(2)3)26-11-15(16(10-18(26)27)21(22,23)24)5-8-25-12-20(13-25)6-7-20/h10-11,14,17H,4-9,12-13H2,1-3H3. The summed E-state index contributed by atoms with van der Waals surface area (Å²) < 4.78 is 46.9. The monoisotopic (exact) mass is 414 g/mol. The van der Waals surface area contributed by atoms with Gasteiger partial charge in [-0.1, -0.05) is 13.8 Å². The second-order valence-corrected chi connectivity index (χ2v) is 8.81. The van der Waals surface area contributed by atoms with Gasteiger partial charge in [-0.15, -0.1) is 0 Å². The highest BCUT2D eigenvalue weighted by atomic mass is 19.4. The van der Waals surface area contributed by atoms with Crippen molar-refractivity contribution < 1.29 is 22.7 Å². The minimum absolute atomic E-state index is 0.0481. The van der Waals surface area contributed by atoms with E-state index in [9.17, 15) is 22.8 Å². The quantitative estimate of drug-likeness (QED) is 0.610. The molecule has 1 aromatic rings. The largest absolute Gasteiger partial charge is 0.464 e. The molecule has 162 valence electrons. The van der Waals surface area contributed by atoms with E-state index in [0.717, 1.165) is 17.7 Å². The van der Waals surface area contributed by atoms with Crippen LogP contribution in [0.2, 0.25) is 0 Å². The van der Waals surface area contributed by atoms with Gasteiger partial charge >= 0.3 is 12.1 Å². The highest BCUT2D eigenvalue weighted by molar-refractivity contribution is 5.74. The molecule has 0 amide bonds. The minimum Gasteiger partial charge on any atom is -0.464 e. The fourth-order valence-corrected chi connectivity index (χ4v) is 4.14. The number of hydrogen-bond donors (Lipinski definition) is 0. The van der Waals surface area contributed by atoms with E-state index in [2.05, 4.69) is 4.90 Å². The predicted molar refractivity (Wildman–Crippen MR) is 103 cm³/mol. The first-order chi connectivity index (χ1) is 13.5. The van der Waals surface area contributed by atoms with Gasteiger partial charge in [0.2, 0.25) is 0 Å². The highest BCUT2D eigenvalue weighted by Gasteiger charge is 2.51. The Kier molecular flexibility index (Phi) is 6.13. The predicted octanol–water partition coefficient (Wildman–Crippen LogP) is 3.66. The summed E-state index contributed by atoms with van der Waals surface area (Å²) in [4.78, 5) is 27.1. The van der Waals surface area contributed by atoms with E-state index >= 15 is 0 Å². The van der Waals surface area contributed by atoms with Crippen molar-refractivity contribution in [2.75, 3.05) is 26.2 Å². The van der Waals surface area contributed by atoms with E-state index in [-0.39, 0.29) is 24.5 Å². The maximum absolute atomic E-state index is 13.6. The first-order valence-corrected chi connectivity index (χ1v) is 10.3. The van der Waals surface area contributed by atoms with E-state index in [4.69, 9.17) is 4.74 Å². The van der Waals surface area contributed by atoms with E-state index in [0.29, 0.717) is 24.4 Å². The van der Waals surface area contributed by atoms with Gasteiger partial charge in [-0.3, -0.25) is 4.79 Å². The summed E-state index contributed by atoms with van der Waals surface area (Å²) in [7, 11) is 0. The van der Waals surface area contributed by atoms with Crippen LogP contribution in [0.1, 0.15) is 57.2 Å². The first kappa shape index (κ1) is 21.9. The van der Waals surface area contributed by atoms with E-state index in [1.54, 1.807) is 6.92 Å². The highest BCUT2D eigenvalue weighted by Crippen LogP contribution is 2.52. The molecule has 1 saturated carbocycles. The molecule has 3 rings (SSSR count). The Balaban J connectivity index is 1.89. The van der Waals surface area contributed by atoms with Crippen molar-refractivity contribution in [3.8, 4) is 0 Å². The molecule has 1 spiro atoms. The smallest absolute Gasteiger partial charge is 0.416 e. The number of pyridine rings is 1. The number of aromatic nitrogens is 1. The number of carbonyl (C=O) groups excluding carboxylic acids is 1. The fourth-order valence-electron chi connectivity index (χ4n) is 4.14. The molecule has 1 atom stereocenters. The van der Waals surface area contributed by atoms with Gasteiger partial charge in [0.25, 0.3) is 5.56 Å². The molecule has 1 saturated heterocycles. The van der Waals surface area contributed by atoms with Crippen LogP contribution in [0, 0.1) is 11.3 Å². The van der Waals surface area contributed by atoms with Crippen molar-refractivity contribution in [3.63, 3.8) is 0 Å². The van der Waals surface area contributed by atoms with E-state index < -0.39 is 29.3 Å². The molecular weight excluding hydrogens is 385 g/mol. The first-order valence-electron chi connectivity index (χ1n) is 10.3. The Bertz CT molecular complexity index is 804. The van der Waals surface area contributed by atoms with Crippen molar-refractivity contribution in [1.82, 2.24) is 9.47 Å². The topological polar surface area (TPSA) is 51.5 Å². The molecule has 8 heteroatoms. The second-order valence-electron chi connectivity index (χ2n) is 8.81. The number of esters is 1. The van der Waals surface area contributed by atoms with Gasteiger partial charge in [-0.2, -0.15) is 13.2 Å². The summed E-state index contributed by atoms with van der Waals surface area (Å²) in [6, 6.07) is -0.303. The molecule has 2 heterocycles. The Hall–Kier alpha value is -1.83. The Morgan fingerprint density at radius 2 is 1.93 bits per heavy atom. The zero-order valence-corrected chi connectivity index (χ0v) is 17.2. The van der Waals surface area contributed by atoms with Gasteiger partial charge in [0.15, 0.2) is 0 Å². The lowest BCUT2D eigenvalue weighted by atomic mass is 9.95. The van der Waals surface area contributed by atoms with Crippen LogP contribution in [0.15, 0.2) is 17.1 Å². The van der Waals surface area contributed by atoms with Gasteiger partial charge in [0, 0.05) is 31.9 Å². The van der Waals surface area contributed by atoms with Crippen molar-refractivity contribution in [1.29, 1.82) is 0 Å². The van der Waals surface area contributed by atoms with Crippen LogP contribution in [0.5, 0.6) is 0 Å². The molecule has 1 unspecified atom stereocenters. The number of nitrogens with zero attached hydrogens (tertiary/aromatic N) is 2. The molecular formula is C21H29F3N2O3. The summed E-state index contributed by atoms with van der Waals surface area (Å²) in [5.74, 6) is -0.523. The van der Waals surface area contributed by atoms with Crippen LogP contribution in [-0.4, -0.2) is 41.7 Å². The Morgan fingerprint density at radius 1 is 1.28 bits per heavy atom. The summed E-state index contributed by atoms with van der Waals surface area (Å²) in [6.07, 6.45) is -0.475. The number of carbonyl (C=O) groups is 1. The van der Waals surface area contributed by atoms with Crippen LogP contribution in [-0.2, 0) is 22.1 Å². The molecule has 5 nitrogen and oxygen atoms in total. The maximum Gasteiger partial charge on any atom is 0.416 e. The summed E-state index contributed by atoms with van der Waals surface area (Å²) in [5.41, 5.74) is -1.27. The van der Waals surface area contributed by atoms with Crippen molar-refractivity contribution in [3.05, 3.63) is 33.7 Å². The minimum atomic E-state index is -4.61. The maximum atomic E-state index is 13.6. The van der Waals surface area contributed by atoms with Crippen LogP contribution in [0.4, 0.5) is 13.2 Å². The normalized spacial score (nSPS) is 19.3. The molecule has 29 heavy (non-hydrogen) atoms. The number of likely N-dealkylation sites (tertiary alicyclic amines) is 1. The third-order valence-electron chi connectivity index (χ3n) is 5.83. The van der Waals surface area contributed by atoms with Gasteiger partial charge in [-0.05, 0) is 49.5 Å². The number of ether oxygens (including phenoxy) is 1. The average molecular weight is 414 g/mol. The van der Waals surface area contributed by atoms with Crippen LogP contribution in [0.25, 0.3) is 0 Å². The van der Waals surface area contributed by atoms with Gasteiger partial charge < -0.3 is 14.2 Å². The second kappa shape index (κ2) is 8.13.